The molecule has 6 heteroatoms. The summed E-state index contributed by atoms with van der Waals surface area (Å²) in [4.78, 5) is 18.6. The smallest absolute Gasteiger partial charge is 0.289 e. The second-order valence-electron chi connectivity index (χ2n) is 6.37. The molecule has 1 fully saturated rings. The molecule has 5 nitrogen and oxygen atoms in total. The third-order valence-corrected chi connectivity index (χ3v) is 5.72. The van der Waals surface area contributed by atoms with Crippen molar-refractivity contribution in [1.29, 1.82) is 0 Å². The fraction of sp³-hybridized carbons (Fsp3) is 0.526. The zero-order valence-corrected chi connectivity index (χ0v) is 15.5. The van der Waals surface area contributed by atoms with Crippen LogP contribution in [0.2, 0.25) is 0 Å². The van der Waals surface area contributed by atoms with Crippen molar-refractivity contribution in [3.63, 3.8) is 0 Å². The Morgan fingerprint density at radius 3 is 2.84 bits per heavy atom. The van der Waals surface area contributed by atoms with Crippen molar-refractivity contribution >= 4 is 17.2 Å². The number of carbonyl (C=O) groups excluding carboxylic acids is 1. The molecule has 136 valence electrons. The van der Waals surface area contributed by atoms with Crippen molar-refractivity contribution in [3.05, 3.63) is 46.5 Å². The Labute approximate surface area is 153 Å². The lowest BCUT2D eigenvalue weighted by Crippen LogP contribution is -2.48. The first-order valence-electron chi connectivity index (χ1n) is 8.86. The highest BCUT2D eigenvalue weighted by atomic mass is 32.1. The molecule has 0 N–H and O–H groups in total. The summed E-state index contributed by atoms with van der Waals surface area (Å²) in [5, 5.41) is 2.13. The van der Waals surface area contributed by atoms with Crippen LogP contribution in [-0.2, 0) is 11.2 Å². The molecular formula is C19H26N2O3S. The predicted molar refractivity (Wildman–Crippen MR) is 99.1 cm³/mol. The summed E-state index contributed by atoms with van der Waals surface area (Å²) in [6, 6.07) is 8.06. The number of methoxy groups -OCH3 is 1. The number of amides is 1. The van der Waals surface area contributed by atoms with Gasteiger partial charge in [-0.1, -0.05) is 6.07 Å². The maximum absolute atomic E-state index is 12.7. The van der Waals surface area contributed by atoms with Crippen LogP contribution in [0.4, 0.5) is 0 Å². The molecule has 0 aliphatic carbocycles. The van der Waals surface area contributed by atoms with Crippen molar-refractivity contribution in [2.45, 2.75) is 25.3 Å². The van der Waals surface area contributed by atoms with Crippen LogP contribution in [0.5, 0.6) is 0 Å². The number of furan rings is 1. The molecule has 2 aromatic heterocycles. The Morgan fingerprint density at radius 2 is 2.20 bits per heavy atom. The van der Waals surface area contributed by atoms with E-state index in [1.165, 1.54) is 4.88 Å². The average molecular weight is 362 g/mol. The highest BCUT2D eigenvalue weighted by molar-refractivity contribution is 7.09. The van der Waals surface area contributed by atoms with Crippen LogP contribution in [0, 0.1) is 0 Å². The first-order valence-corrected chi connectivity index (χ1v) is 9.74. The second kappa shape index (κ2) is 9.17. The van der Waals surface area contributed by atoms with E-state index in [-0.39, 0.29) is 11.9 Å². The molecule has 0 radical (unpaired) electrons. The molecule has 0 atom stereocenters. The lowest BCUT2D eigenvalue weighted by atomic mass is 10.0. The van der Waals surface area contributed by atoms with E-state index in [0.717, 1.165) is 38.9 Å². The Balaban J connectivity index is 1.53. The lowest BCUT2D eigenvalue weighted by molar-refractivity contribution is 0.0458. The predicted octanol–water partition coefficient (Wildman–Crippen LogP) is 3.14. The van der Waals surface area contributed by atoms with E-state index < -0.39 is 0 Å². The summed E-state index contributed by atoms with van der Waals surface area (Å²) >= 11 is 1.82. The molecule has 0 spiro atoms. The van der Waals surface area contributed by atoms with Crippen LogP contribution in [0.1, 0.15) is 28.3 Å². The minimum Gasteiger partial charge on any atom is -0.459 e. The minimum absolute atomic E-state index is 0.0286. The standard InChI is InChI=1S/C19H26N2O3S/c1-23-14-12-21(19(22)18-5-2-13-24-18)16-6-9-20(10-7-16)11-8-17-4-3-15-25-17/h2-5,13,15-16H,6-12,14H2,1H3. The Kier molecular flexibility index (Phi) is 6.67. The van der Waals surface area contributed by atoms with Crippen LogP contribution in [0.3, 0.4) is 0 Å². The summed E-state index contributed by atoms with van der Waals surface area (Å²) in [7, 11) is 1.67. The van der Waals surface area contributed by atoms with Crippen molar-refractivity contribution in [2.75, 3.05) is 39.9 Å². The molecule has 0 aromatic carbocycles. The Bertz CT molecular complexity index is 619. The third-order valence-electron chi connectivity index (χ3n) is 4.78. The number of piperidine rings is 1. The van der Waals surface area contributed by atoms with Crippen molar-refractivity contribution in [1.82, 2.24) is 9.80 Å². The maximum atomic E-state index is 12.7. The number of carbonyl (C=O) groups is 1. The van der Waals surface area contributed by atoms with Gasteiger partial charge in [0.05, 0.1) is 12.9 Å². The fourth-order valence-electron chi connectivity index (χ4n) is 3.36. The maximum Gasteiger partial charge on any atom is 0.289 e. The molecule has 1 aliphatic rings. The molecule has 1 amide bonds. The molecule has 25 heavy (non-hydrogen) atoms. The molecule has 3 rings (SSSR count). The fourth-order valence-corrected chi connectivity index (χ4v) is 4.06. The molecular weight excluding hydrogens is 336 g/mol. The largest absolute Gasteiger partial charge is 0.459 e. The molecule has 1 aliphatic heterocycles. The van der Waals surface area contributed by atoms with Gasteiger partial charge in [0, 0.05) is 44.2 Å². The number of hydrogen-bond donors (Lipinski definition) is 0. The summed E-state index contributed by atoms with van der Waals surface area (Å²) in [5.74, 6) is 0.385. The van der Waals surface area contributed by atoms with Crippen LogP contribution < -0.4 is 0 Å². The highest BCUT2D eigenvalue weighted by Crippen LogP contribution is 2.20. The van der Waals surface area contributed by atoms with Gasteiger partial charge >= 0.3 is 0 Å². The number of hydrogen-bond acceptors (Lipinski definition) is 5. The van der Waals surface area contributed by atoms with E-state index in [2.05, 4.69) is 22.4 Å². The average Bonchev–Trinajstić information content (AvgIpc) is 3.35. The zero-order valence-electron chi connectivity index (χ0n) is 14.7. The van der Waals surface area contributed by atoms with E-state index in [4.69, 9.17) is 9.15 Å². The van der Waals surface area contributed by atoms with Crippen molar-refractivity contribution < 1.29 is 13.9 Å². The number of likely N-dealkylation sites (tertiary alicyclic amines) is 1. The van der Waals surface area contributed by atoms with Crippen LogP contribution in [-0.4, -0.2) is 61.6 Å². The van der Waals surface area contributed by atoms with Crippen LogP contribution in [0.25, 0.3) is 0 Å². The van der Waals surface area contributed by atoms with Gasteiger partial charge in [-0.05, 0) is 42.8 Å². The summed E-state index contributed by atoms with van der Waals surface area (Å²) in [6.45, 7) is 4.31. The summed E-state index contributed by atoms with van der Waals surface area (Å²) in [6.07, 6.45) is 4.66. The zero-order chi connectivity index (χ0) is 17.5. The number of ether oxygens (including phenoxy) is 1. The van der Waals surface area contributed by atoms with Crippen LogP contribution in [0.15, 0.2) is 40.3 Å². The van der Waals surface area contributed by atoms with Crippen molar-refractivity contribution in [2.24, 2.45) is 0 Å². The van der Waals surface area contributed by atoms with E-state index in [1.54, 1.807) is 25.5 Å². The molecule has 0 unspecified atom stereocenters. The topological polar surface area (TPSA) is 45.9 Å². The monoisotopic (exact) mass is 362 g/mol. The minimum atomic E-state index is -0.0286. The first-order chi connectivity index (χ1) is 12.3. The normalized spacial score (nSPS) is 16.2. The van der Waals surface area contributed by atoms with Gasteiger partial charge in [-0.15, -0.1) is 11.3 Å². The van der Waals surface area contributed by atoms with Crippen molar-refractivity contribution in [3.8, 4) is 0 Å². The second-order valence-corrected chi connectivity index (χ2v) is 7.40. The number of thiophene rings is 1. The van der Waals surface area contributed by atoms with E-state index in [1.807, 2.05) is 16.2 Å². The summed E-state index contributed by atoms with van der Waals surface area (Å²) in [5.41, 5.74) is 0. The van der Waals surface area contributed by atoms with Gasteiger partial charge in [0.1, 0.15) is 0 Å². The third kappa shape index (κ3) is 4.93. The van der Waals surface area contributed by atoms with Gasteiger partial charge in [-0.3, -0.25) is 4.79 Å². The van der Waals surface area contributed by atoms with Crippen LogP contribution >= 0.6 is 11.3 Å². The van der Waals surface area contributed by atoms with Gasteiger partial charge in [-0.2, -0.15) is 0 Å². The Morgan fingerprint density at radius 1 is 1.36 bits per heavy atom. The molecule has 2 aromatic rings. The van der Waals surface area contributed by atoms with Gasteiger partial charge in [0.25, 0.3) is 5.91 Å². The summed E-state index contributed by atoms with van der Waals surface area (Å²) < 4.78 is 10.5. The van der Waals surface area contributed by atoms with Gasteiger partial charge in [-0.25, -0.2) is 0 Å². The van der Waals surface area contributed by atoms with Gasteiger partial charge in [0.15, 0.2) is 5.76 Å². The molecule has 0 bridgehead atoms. The van der Waals surface area contributed by atoms with Gasteiger partial charge < -0.3 is 19.0 Å². The quantitative estimate of drug-likeness (QED) is 0.724. The van der Waals surface area contributed by atoms with E-state index in [9.17, 15) is 4.79 Å². The molecule has 0 saturated carbocycles. The Hall–Kier alpha value is -1.63. The highest BCUT2D eigenvalue weighted by Gasteiger charge is 2.29. The number of rotatable bonds is 8. The lowest BCUT2D eigenvalue weighted by Gasteiger charge is -2.38. The first kappa shape index (κ1) is 18.2. The van der Waals surface area contributed by atoms with E-state index in [0.29, 0.717) is 18.9 Å². The molecule has 1 saturated heterocycles. The molecule has 3 heterocycles. The van der Waals surface area contributed by atoms with E-state index >= 15 is 0 Å². The SMILES string of the molecule is COCCN(C(=O)c1ccco1)C1CCN(CCc2cccs2)CC1. The number of nitrogens with zero attached hydrogens (tertiary/aromatic N) is 2. The van der Waals surface area contributed by atoms with Gasteiger partial charge in [0.2, 0.25) is 0 Å².